The van der Waals surface area contributed by atoms with Gasteiger partial charge in [0, 0.05) is 29.7 Å². The molecule has 22 heavy (non-hydrogen) atoms. The van der Waals surface area contributed by atoms with Crippen LogP contribution in [0.5, 0.6) is 0 Å². The SMILES string of the molecule is Cc1c(Cl)cccc1C(=O)NCCC(=O)Nc1cccnc1. The molecule has 0 unspecified atom stereocenters. The van der Waals surface area contributed by atoms with Crippen LogP contribution in [0.15, 0.2) is 42.7 Å². The molecule has 0 spiro atoms. The summed E-state index contributed by atoms with van der Waals surface area (Å²) in [6, 6.07) is 8.64. The summed E-state index contributed by atoms with van der Waals surface area (Å²) in [5.74, 6) is -0.426. The van der Waals surface area contributed by atoms with Gasteiger partial charge in [-0.05, 0) is 36.8 Å². The van der Waals surface area contributed by atoms with E-state index in [2.05, 4.69) is 15.6 Å². The van der Waals surface area contributed by atoms with Gasteiger partial charge in [-0.2, -0.15) is 0 Å². The van der Waals surface area contributed by atoms with Crippen LogP contribution in [0.4, 0.5) is 5.69 Å². The molecule has 2 N–H and O–H groups in total. The van der Waals surface area contributed by atoms with Gasteiger partial charge in [0.25, 0.3) is 5.91 Å². The van der Waals surface area contributed by atoms with Gasteiger partial charge in [-0.15, -0.1) is 0 Å². The van der Waals surface area contributed by atoms with E-state index in [1.54, 1.807) is 49.6 Å². The first-order valence-electron chi connectivity index (χ1n) is 6.81. The molecular formula is C16H16ClN3O2. The quantitative estimate of drug-likeness (QED) is 0.890. The van der Waals surface area contributed by atoms with E-state index in [1.807, 2.05) is 0 Å². The number of amides is 2. The van der Waals surface area contributed by atoms with Crippen molar-refractivity contribution in [3.8, 4) is 0 Å². The van der Waals surface area contributed by atoms with E-state index in [-0.39, 0.29) is 24.8 Å². The Bertz CT molecular complexity index is 674. The fraction of sp³-hybridized carbons (Fsp3) is 0.188. The number of benzene rings is 1. The lowest BCUT2D eigenvalue weighted by molar-refractivity contribution is -0.116. The summed E-state index contributed by atoms with van der Waals surface area (Å²) in [5.41, 5.74) is 1.87. The standard InChI is InChI=1S/C16H16ClN3O2/c1-11-13(5-2-6-14(11)17)16(22)19-9-7-15(21)20-12-4-3-8-18-10-12/h2-6,8,10H,7,9H2,1H3,(H,19,22)(H,20,21). The third-order valence-electron chi connectivity index (χ3n) is 3.10. The number of aromatic nitrogens is 1. The van der Waals surface area contributed by atoms with Gasteiger partial charge in [0.15, 0.2) is 0 Å². The summed E-state index contributed by atoms with van der Waals surface area (Å²) in [6.07, 6.45) is 3.37. The summed E-state index contributed by atoms with van der Waals surface area (Å²) in [6.45, 7) is 2.03. The molecule has 6 heteroatoms. The molecule has 2 rings (SSSR count). The van der Waals surface area contributed by atoms with Gasteiger partial charge >= 0.3 is 0 Å². The Kier molecular flexibility index (Phi) is 5.49. The van der Waals surface area contributed by atoms with Crippen LogP contribution < -0.4 is 10.6 Å². The highest BCUT2D eigenvalue weighted by atomic mass is 35.5. The molecule has 2 amide bonds. The monoisotopic (exact) mass is 317 g/mol. The Morgan fingerprint density at radius 2 is 2.05 bits per heavy atom. The van der Waals surface area contributed by atoms with E-state index in [0.29, 0.717) is 16.3 Å². The molecular weight excluding hydrogens is 302 g/mol. The predicted molar refractivity (Wildman–Crippen MR) is 86.0 cm³/mol. The second-order valence-corrected chi connectivity index (χ2v) is 5.12. The largest absolute Gasteiger partial charge is 0.352 e. The third-order valence-corrected chi connectivity index (χ3v) is 3.50. The molecule has 0 saturated heterocycles. The van der Waals surface area contributed by atoms with Gasteiger partial charge in [-0.1, -0.05) is 17.7 Å². The fourth-order valence-electron chi connectivity index (χ4n) is 1.90. The fourth-order valence-corrected chi connectivity index (χ4v) is 2.07. The Hall–Kier alpha value is -2.40. The zero-order chi connectivity index (χ0) is 15.9. The number of carbonyl (C=O) groups is 2. The van der Waals surface area contributed by atoms with Crippen LogP contribution in [-0.4, -0.2) is 23.3 Å². The van der Waals surface area contributed by atoms with E-state index in [9.17, 15) is 9.59 Å². The lowest BCUT2D eigenvalue weighted by Gasteiger charge is -2.09. The molecule has 0 fully saturated rings. The minimum Gasteiger partial charge on any atom is -0.352 e. The van der Waals surface area contributed by atoms with Gasteiger partial charge in [0.1, 0.15) is 0 Å². The number of rotatable bonds is 5. The van der Waals surface area contributed by atoms with Crippen molar-refractivity contribution in [2.45, 2.75) is 13.3 Å². The Labute approximate surface area is 133 Å². The van der Waals surface area contributed by atoms with Crippen molar-refractivity contribution in [3.05, 3.63) is 58.9 Å². The van der Waals surface area contributed by atoms with Crippen molar-refractivity contribution in [2.75, 3.05) is 11.9 Å². The van der Waals surface area contributed by atoms with Crippen LogP contribution >= 0.6 is 11.6 Å². The van der Waals surface area contributed by atoms with E-state index < -0.39 is 0 Å². The van der Waals surface area contributed by atoms with E-state index in [4.69, 9.17) is 11.6 Å². The first kappa shape index (κ1) is 16.0. The summed E-state index contributed by atoms with van der Waals surface area (Å²) >= 11 is 5.98. The molecule has 0 aliphatic carbocycles. The minimum absolute atomic E-state index is 0.181. The zero-order valence-corrected chi connectivity index (χ0v) is 12.9. The molecule has 1 heterocycles. The number of pyridine rings is 1. The zero-order valence-electron chi connectivity index (χ0n) is 12.1. The van der Waals surface area contributed by atoms with Crippen LogP contribution in [0, 0.1) is 6.92 Å². The molecule has 0 atom stereocenters. The van der Waals surface area contributed by atoms with Gasteiger partial charge in [-0.3, -0.25) is 14.6 Å². The van der Waals surface area contributed by atoms with Gasteiger partial charge in [-0.25, -0.2) is 0 Å². The van der Waals surface area contributed by atoms with E-state index >= 15 is 0 Å². The molecule has 0 aliphatic heterocycles. The summed E-state index contributed by atoms with van der Waals surface area (Å²) in [7, 11) is 0. The van der Waals surface area contributed by atoms with Crippen LogP contribution in [0.25, 0.3) is 0 Å². The Morgan fingerprint density at radius 1 is 1.23 bits per heavy atom. The summed E-state index contributed by atoms with van der Waals surface area (Å²) in [4.78, 5) is 27.7. The minimum atomic E-state index is -0.242. The van der Waals surface area contributed by atoms with Crippen LogP contribution in [0.1, 0.15) is 22.3 Å². The number of carbonyl (C=O) groups excluding carboxylic acids is 2. The Balaban J connectivity index is 1.82. The van der Waals surface area contributed by atoms with Gasteiger partial charge < -0.3 is 10.6 Å². The van der Waals surface area contributed by atoms with Crippen LogP contribution in [0.3, 0.4) is 0 Å². The highest BCUT2D eigenvalue weighted by molar-refractivity contribution is 6.31. The molecule has 1 aromatic carbocycles. The summed E-state index contributed by atoms with van der Waals surface area (Å²) in [5, 5.41) is 5.96. The number of anilines is 1. The lowest BCUT2D eigenvalue weighted by Crippen LogP contribution is -2.28. The number of halogens is 1. The van der Waals surface area contributed by atoms with Crippen molar-refractivity contribution in [3.63, 3.8) is 0 Å². The molecule has 0 aliphatic rings. The molecule has 114 valence electrons. The number of nitrogens with zero attached hydrogens (tertiary/aromatic N) is 1. The smallest absolute Gasteiger partial charge is 0.251 e. The molecule has 0 saturated carbocycles. The number of nitrogens with one attached hydrogen (secondary N) is 2. The van der Waals surface area contributed by atoms with Gasteiger partial charge in [0.2, 0.25) is 5.91 Å². The Morgan fingerprint density at radius 3 is 2.77 bits per heavy atom. The highest BCUT2D eigenvalue weighted by Gasteiger charge is 2.11. The maximum atomic E-state index is 12.0. The number of hydrogen-bond donors (Lipinski definition) is 2. The average molecular weight is 318 g/mol. The second-order valence-electron chi connectivity index (χ2n) is 4.71. The van der Waals surface area contributed by atoms with Crippen LogP contribution in [-0.2, 0) is 4.79 Å². The van der Waals surface area contributed by atoms with Crippen molar-refractivity contribution in [1.29, 1.82) is 0 Å². The second kappa shape index (κ2) is 7.56. The van der Waals surface area contributed by atoms with E-state index in [1.165, 1.54) is 0 Å². The average Bonchev–Trinajstić information content (AvgIpc) is 2.51. The normalized spacial score (nSPS) is 10.1. The molecule has 5 nitrogen and oxygen atoms in total. The number of hydrogen-bond acceptors (Lipinski definition) is 3. The van der Waals surface area contributed by atoms with Crippen molar-refractivity contribution >= 4 is 29.1 Å². The van der Waals surface area contributed by atoms with Crippen molar-refractivity contribution < 1.29 is 9.59 Å². The molecule has 0 radical (unpaired) electrons. The highest BCUT2D eigenvalue weighted by Crippen LogP contribution is 2.18. The lowest BCUT2D eigenvalue weighted by atomic mass is 10.1. The molecule has 0 bridgehead atoms. The maximum absolute atomic E-state index is 12.0. The first-order chi connectivity index (χ1) is 10.6. The first-order valence-corrected chi connectivity index (χ1v) is 7.19. The summed E-state index contributed by atoms with van der Waals surface area (Å²) < 4.78 is 0. The topological polar surface area (TPSA) is 71.1 Å². The predicted octanol–water partition coefficient (Wildman–Crippen LogP) is 2.80. The molecule has 2 aromatic rings. The van der Waals surface area contributed by atoms with Crippen molar-refractivity contribution in [2.24, 2.45) is 0 Å². The third kappa shape index (κ3) is 4.30. The van der Waals surface area contributed by atoms with Crippen LogP contribution in [0.2, 0.25) is 5.02 Å². The molecule has 1 aromatic heterocycles. The van der Waals surface area contributed by atoms with E-state index in [0.717, 1.165) is 5.56 Å². The van der Waals surface area contributed by atoms with Gasteiger partial charge in [0.05, 0.1) is 11.9 Å². The maximum Gasteiger partial charge on any atom is 0.251 e. The van der Waals surface area contributed by atoms with Crippen molar-refractivity contribution in [1.82, 2.24) is 10.3 Å².